The summed E-state index contributed by atoms with van der Waals surface area (Å²) in [7, 11) is -5.22. The molecule has 0 saturated carbocycles. The highest BCUT2D eigenvalue weighted by molar-refractivity contribution is 7.86. The second-order valence-electron chi connectivity index (χ2n) is 4.05. The van der Waals surface area contributed by atoms with Crippen molar-refractivity contribution in [3.63, 3.8) is 0 Å². The van der Waals surface area contributed by atoms with Crippen LogP contribution in [0.3, 0.4) is 0 Å². The van der Waals surface area contributed by atoms with Gasteiger partial charge in [-0.3, -0.25) is 0 Å². The average Bonchev–Trinajstić information content (AvgIpc) is 2.37. The van der Waals surface area contributed by atoms with E-state index in [4.69, 9.17) is 0 Å². The Kier molecular flexibility index (Phi) is 3.56. The van der Waals surface area contributed by atoms with Gasteiger partial charge >= 0.3 is 16.4 Å². The summed E-state index contributed by atoms with van der Waals surface area (Å²) in [5, 5.41) is 0. The minimum atomic E-state index is -5.22. The molecule has 0 aliphatic carbocycles. The van der Waals surface area contributed by atoms with Gasteiger partial charge in [0.1, 0.15) is 0 Å². The van der Waals surface area contributed by atoms with E-state index >= 15 is 0 Å². The molecule has 0 aromatic heterocycles. The highest BCUT2D eigenvalue weighted by Gasteiger charge is 2.32. The van der Waals surface area contributed by atoms with Gasteiger partial charge in [0.15, 0.2) is 0 Å². The molecule has 0 heterocycles. The Bertz CT molecular complexity index is 722. The molecule has 0 radical (unpaired) electrons. The van der Waals surface area contributed by atoms with Crippen molar-refractivity contribution in [1.82, 2.24) is 0 Å². The smallest absolute Gasteiger partial charge is 0.189 e. The van der Waals surface area contributed by atoms with Crippen LogP contribution in [0.4, 0.5) is 17.1 Å². The van der Waals surface area contributed by atoms with Gasteiger partial charge in [0.25, 0.3) is 0 Å². The fourth-order valence-corrected chi connectivity index (χ4v) is 2.24. The Balaban J connectivity index is 2.70. The Labute approximate surface area is 112 Å². The summed E-state index contributed by atoms with van der Waals surface area (Å²) in [5.41, 5.74) is -0.866. The van der Waals surface area contributed by atoms with Crippen molar-refractivity contribution < 1.29 is 25.5 Å². The summed E-state index contributed by atoms with van der Waals surface area (Å²) in [6.07, 6.45) is -4.76. The van der Waals surface area contributed by atoms with Crippen LogP contribution in [0.1, 0.15) is 5.56 Å². The van der Waals surface area contributed by atoms with E-state index in [2.05, 4.69) is 0 Å². The van der Waals surface area contributed by atoms with Crippen LogP contribution < -0.4 is 0 Å². The number of benzene rings is 2. The molecule has 7 heteroatoms. The van der Waals surface area contributed by atoms with Crippen molar-refractivity contribution in [2.75, 3.05) is 0 Å². The van der Waals surface area contributed by atoms with Crippen molar-refractivity contribution >= 4 is 10.2 Å². The predicted octanol–water partition coefficient (Wildman–Crippen LogP) is 4.03. The van der Waals surface area contributed by atoms with Crippen LogP contribution in [0.15, 0.2) is 53.4 Å². The Morgan fingerprint density at radius 3 is 1.95 bits per heavy atom. The molecule has 0 atom stereocenters. The van der Waals surface area contributed by atoms with Crippen LogP contribution in [0.25, 0.3) is 11.1 Å². The number of hydrogen-bond acceptors (Lipinski definition) is 2. The maximum atomic E-state index is 13.0. The number of rotatable bonds is 2. The molecule has 106 valence electrons. The van der Waals surface area contributed by atoms with Gasteiger partial charge in [-0.05, 0) is 29.3 Å². The number of hydrogen-bond donors (Lipinski definition) is 0. The molecule has 0 N–H and O–H groups in total. The molecule has 0 spiro atoms. The number of alkyl halides is 3. The summed E-state index contributed by atoms with van der Waals surface area (Å²) >= 11 is 0. The largest absolute Gasteiger partial charge is 0.416 e. The highest BCUT2D eigenvalue weighted by Crippen LogP contribution is 2.34. The van der Waals surface area contributed by atoms with Gasteiger partial charge in [-0.2, -0.15) is 21.6 Å². The zero-order chi connectivity index (χ0) is 15.0. The van der Waals surface area contributed by atoms with Gasteiger partial charge in [-0.25, -0.2) is 0 Å². The Morgan fingerprint density at radius 2 is 1.45 bits per heavy atom. The van der Waals surface area contributed by atoms with Crippen LogP contribution in [-0.2, 0) is 16.4 Å². The third-order valence-electron chi connectivity index (χ3n) is 2.62. The van der Waals surface area contributed by atoms with Crippen molar-refractivity contribution in [1.29, 1.82) is 0 Å². The first-order chi connectivity index (χ1) is 9.18. The van der Waals surface area contributed by atoms with E-state index in [0.29, 0.717) is 5.56 Å². The van der Waals surface area contributed by atoms with E-state index in [9.17, 15) is 25.5 Å². The van der Waals surface area contributed by atoms with E-state index in [1.807, 2.05) is 0 Å². The molecule has 2 nitrogen and oxygen atoms in total. The van der Waals surface area contributed by atoms with Gasteiger partial charge in [0, 0.05) is 0 Å². The molecule has 0 aliphatic rings. The molecular weight excluding hydrogens is 296 g/mol. The van der Waals surface area contributed by atoms with Gasteiger partial charge in [0.05, 0.1) is 10.5 Å². The van der Waals surface area contributed by atoms with Crippen molar-refractivity contribution in [3.05, 3.63) is 54.1 Å². The second kappa shape index (κ2) is 4.90. The molecule has 0 aliphatic heterocycles. The van der Waals surface area contributed by atoms with E-state index in [1.54, 1.807) is 18.2 Å². The minimum Gasteiger partial charge on any atom is -0.189 e. The molecule has 2 aromatic rings. The normalized spacial score (nSPS) is 12.4. The van der Waals surface area contributed by atoms with Crippen molar-refractivity contribution in [2.45, 2.75) is 11.1 Å². The zero-order valence-electron chi connectivity index (χ0n) is 9.86. The molecule has 0 saturated heterocycles. The minimum absolute atomic E-state index is 0.0170. The number of halogens is 4. The molecule has 2 rings (SSSR count). The van der Waals surface area contributed by atoms with Crippen molar-refractivity contribution in [3.8, 4) is 11.1 Å². The molecule has 0 fully saturated rings. The molecule has 2 aromatic carbocycles. The third-order valence-corrected chi connectivity index (χ3v) is 3.42. The topological polar surface area (TPSA) is 34.1 Å². The molecule has 20 heavy (non-hydrogen) atoms. The summed E-state index contributed by atoms with van der Waals surface area (Å²) < 4.78 is 72.9. The lowest BCUT2D eigenvalue weighted by molar-refractivity contribution is -0.137. The first-order valence-electron chi connectivity index (χ1n) is 5.40. The van der Waals surface area contributed by atoms with E-state index in [0.717, 1.165) is 12.1 Å². The van der Waals surface area contributed by atoms with Crippen LogP contribution in [-0.4, -0.2) is 8.42 Å². The highest BCUT2D eigenvalue weighted by atomic mass is 32.3. The molecule has 0 unspecified atom stereocenters. The lowest BCUT2D eigenvalue weighted by Gasteiger charge is -2.11. The van der Waals surface area contributed by atoms with Crippen LogP contribution in [0.2, 0.25) is 0 Å². The van der Waals surface area contributed by atoms with Crippen LogP contribution in [0, 0.1) is 0 Å². The zero-order valence-corrected chi connectivity index (χ0v) is 10.7. The van der Waals surface area contributed by atoms with E-state index in [1.165, 1.54) is 12.1 Å². The Morgan fingerprint density at radius 1 is 0.850 bits per heavy atom. The fourth-order valence-electron chi connectivity index (χ4n) is 1.70. The fraction of sp³-hybridized carbons (Fsp3) is 0.0769. The maximum absolute atomic E-state index is 13.0. The molecular formula is C13H8F4O2S. The van der Waals surface area contributed by atoms with Crippen LogP contribution >= 0.6 is 0 Å². The summed E-state index contributed by atoms with van der Waals surface area (Å²) in [5.74, 6) is 0. The lowest BCUT2D eigenvalue weighted by Crippen LogP contribution is -2.07. The first kappa shape index (κ1) is 14.5. The van der Waals surface area contributed by atoms with Gasteiger partial charge in [-0.15, -0.1) is 3.89 Å². The molecule has 0 bridgehead atoms. The quantitative estimate of drug-likeness (QED) is 0.620. The van der Waals surface area contributed by atoms with Gasteiger partial charge < -0.3 is 0 Å². The van der Waals surface area contributed by atoms with Gasteiger partial charge in [-0.1, -0.05) is 30.3 Å². The monoisotopic (exact) mass is 304 g/mol. The predicted molar refractivity (Wildman–Crippen MR) is 65.2 cm³/mol. The first-order valence-corrected chi connectivity index (χ1v) is 6.78. The van der Waals surface area contributed by atoms with Crippen molar-refractivity contribution in [2.24, 2.45) is 0 Å². The standard InChI is InChI=1S/C13H8F4O2S/c14-13(15,16)11-6-10(9-4-2-1-3-5-9)7-12(8-11)20(17,18)19/h1-8H. The lowest BCUT2D eigenvalue weighted by atomic mass is 10.0. The average molecular weight is 304 g/mol. The summed E-state index contributed by atoms with van der Waals surface area (Å²) in [6, 6.07) is 9.77. The maximum Gasteiger partial charge on any atom is 0.416 e. The Hall–Kier alpha value is -1.89. The second-order valence-corrected chi connectivity index (χ2v) is 5.39. The van der Waals surface area contributed by atoms with Crippen LogP contribution in [0.5, 0.6) is 0 Å². The van der Waals surface area contributed by atoms with Gasteiger partial charge in [0.2, 0.25) is 0 Å². The SMILES string of the molecule is O=S(=O)(F)c1cc(-c2ccccc2)cc(C(F)(F)F)c1. The summed E-state index contributed by atoms with van der Waals surface area (Å²) in [6.45, 7) is 0. The van der Waals surface area contributed by atoms with E-state index in [-0.39, 0.29) is 11.6 Å². The summed E-state index contributed by atoms with van der Waals surface area (Å²) in [4.78, 5) is -1.01. The van der Waals surface area contributed by atoms with E-state index < -0.39 is 26.9 Å². The molecule has 0 amide bonds. The third kappa shape index (κ3) is 3.16.